The third-order valence-electron chi connectivity index (χ3n) is 0.491. The Kier molecular flexibility index (Phi) is 3.09. The molecule has 0 aromatic heterocycles. The van der Waals surface area contributed by atoms with Gasteiger partial charge in [-0.25, -0.2) is 10.1 Å². The number of rotatable bonds is 2. The monoisotopic (exact) mass is 121 g/mol. The van der Waals surface area contributed by atoms with Crippen LogP contribution in [0.3, 0.4) is 0 Å². The van der Waals surface area contributed by atoms with Crippen molar-refractivity contribution in [1.82, 2.24) is 0 Å². The molecule has 3 N–H and O–H groups in total. The molecule has 0 spiro atoms. The minimum absolute atomic E-state index is 0.776. The lowest BCUT2D eigenvalue weighted by Crippen LogP contribution is -2.28. The van der Waals surface area contributed by atoms with Crippen LogP contribution >= 0.6 is 0 Å². The zero-order chi connectivity index (χ0) is 6.57. The van der Waals surface area contributed by atoms with Crippen LogP contribution in [0.2, 0.25) is 0 Å². The van der Waals surface area contributed by atoms with Gasteiger partial charge in [-0.1, -0.05) is 0 Å². The van der Waals surface area contributed by atoms with Crippen LogP contribution in [0.1, 0.15) is 6.92 Å². The number of carbonyl (C=O) groups is 1. The van der Waals surface area contributed by atoms with Crippen LogP contribution in [0.4, 0.5) is 0 Å². The Morgan fingerprint density at radius 2 is 2.38 bits per heavy atom. The van der Waals surface area contributed by atoms with E-state index in [1.54, 1.807) is 0 Å². The molecule has 8 heavy (non-hydrogen) atoms. The summed E-state index contributed by atoms with van der Waals surface area (Å²) < 4.78 is 0. The lowest BCUT2D eigenvalue weighted by molar-refractivity contribution is -0.462. The maximum Gasteiger partial charge on any atom is 0.361 e. The second-order valence-corrected chi connectivity index (χ2v) is 1.27. The standard InChI is InChI=1S/C3H7NO4/c1-2(4)3(5)7-8-6/h2,6H,4H2,1H3/t2-/m0/s1. The normalized spacial score (nSPS) is 12.9. The van der Waals surface area contributed by atoms with Crippen LogP contribution in [0.25, 0.3) is 0 Å². The molecule has 0 amide bonds. The summed E-state index contributed by atoms with van der Waals surface area (Å²) >= 11 is 0. The first kappa shape index (κ1) is 7.35. The Balaban J connectivity index is 3.33. The van der Waals surface area contributed by atoms with Crippen molar-refractivity contribution in [2.24, 2.45) is 5.73 Å². The van der Waals surface area contributed by atoms with Crippen molar-refractivity contribution < 1.29 is 20.0 Å². The fourth-order valence-electron chi connectivity index (χ4n) is 0.113. The van der Waals surface area contributed by atoms with Crippen molar-refractivity contribution in [3.63, 3.8) is 0 Å². The Morgan fingerprint density at radius 3 is 2.50 bits per heavy atom. The molecule has 0 aromatic rings. The minimum Gasteiger partial charge on any atom is -0.319 e. The van der Waals surface area contributed by atoms with Gasteiger partial charge >= 0.3 is 5.97 Å². The van der Waals surface area contributed by atoms with Gasteiger partial charge in [-0.15, -0.1) is 0 Å². The van der Waals surface area contributed by atoms with Gasteiger partial charge in [0.15, 0.2) is 0 Å². The van der Waals surface area contributed by atoms with Gasteiger partial charge in [0.05, 0.1) is 0 Å². The molecule has 0 aromatic carbocycles. The summed E-state index contributed by atoms with van der Waals surface area (Å²) in [7, 11) is 0. The maximum atomic E-state index is 10.1. The van der Waals surface area contributed by atoms with Crippen molar-refractivity contribution >= 4 is 5.97 Å². The molecule has 48 valence electrons. The summed E-state index contributed by atoms with van der Waals surface area (Å²) in [4.78, 5) is 13.7. The van der Waals surface area contributed by atoms with E-state index in [9.17, 15) is 4.79 Å². The summed E-state index contributed by atoms with van der Waals surface area (Å²) in [6.07, 6.45) is 0. The SMILES string of the molecule is C[C@H](N)C(=O)OOO. The van der Waals surface area contributed by atoms with Crippen LogP contribution in [-0.2, 0) is 14.7 Å². The Hall–Kier alpha value is -0.650. The van der Waals surface area contributed by atoms with E-state index in [-0.39, 0.29) is 0 Å². The third-order valence-corrected chi connectivity index (χ3v) is 0.491. The third kappa shape index (κ3) is 2.51. The van der Waals surface area contributed by atoms with Crippen molar-refractivity contribution in [3.05, 3.63) is 0 Å². The topological polar surface area (TPSA) is 81.8 Å². The molecule has 0 radical (unpaired) electrons. The van der Waals surface area contributed by atoms with E-state index < -0.39 is 12.0 Å². The van der Waals surface area contributed by atoms with E-state index in [0.717, 1.165) is 0 Å². The molecule has 1 atom stereocenters. The predicted octanol–water partition coefficient (Wildman–Crippen LogP) is -0.719. The van der Waals surface area contributed by atoms with Crippen LogP contribution < -0.4 is 5.73 Å². The molecule has 0 aliphatic heterocycles. The smallest absolute Gasteiger partial charge is 0.319 e. The number of hydrogen-bond acceptors (Lipinski definition) is 5. The van der Waals surface area contributed by atoms with Crippen LogP contribution in [0.15, 0.2) is 0 Å². The molecule has 0 aliphatic carbocycles. The maximum absolute atomic E-state index is 10.1. The van der Waals surface area contributed by atoms with E-state index in [0.29, 0.717) is 0 Å². The average molecular weight is 121 g/mol. The Bertz CT molecular complexity index is 81.4. The molecular weight excluding hydrogens is 114 g/mol. The van der Waals surface area contributed by atoms with Gasteiger partial charge < -0.3 is 5.73 Å². The highest BCUT2D eigenvalue weighted by Gasteiger charge is 2.08. The lowest BCUT2D eigenvalue weighted by atomic mass is 10.4. The van der Waals surface area contributed by atoms with Crippen molar-refractivity contribution in [2.45, 2.75) is 13.0 Å². The highest BCUT2D eigenvalue weighted by atomic mass is 17.5. The lowest BCUT2D eigenvalue weighted by Gasteiger charge is -1.98. The van der Waals surface area contributed by atoms with E-state index in [2.05, 4.69) is 9.93 Å². The van der Waals surface area contributed by atoms with Gasteiger partial charge in [-0.3, -0.25) is 4.89 Å². The van der Waals surface area contributed by atoms with Crippen LogP contribution in [-0.4, -0.2) is 17.3 Å². The van der Waals surface area contributed by atoms with Crippen molar-refractivity contribution in [2.75, 3.05) is 0 Å². The van der Waals surface area contributed by atoms with Gasteiger partial charge in [0.25, 0.3) is 0 Å². The van der Waals surface area contributed by atoms with E-state index in [4.69, 9.17) is 11.0 Å². The van der Waals surface area contributed by atoms with Gasteiger partial charge in [0, 0.05) is 0 Å². The van der Waals surface area contributed by atoms with Gasteiger partial charge in [-0.2, -0.15) is 0 Å². The molecule has 0 aliphatic rings. The molecule has 0 bridgehead atoms. The van der Waals surface area contributed by atoms with E-state index in [1.165, 1.54) is 6.92 Å². The second-order valence-electron chi connectivity index (χ2n) is 1.27. The summed E-state index contributed by atoms with van der Waals surface area (Å²) in [6.45, 7) is 1.40. The molecular formula is C3H7NO4. The van der Waals surface area contributed by atoms with E-state index >= 15 is 0 Å². The van der Waals surface area contributed by atoms with Crippen molar-refractivity contribution in [3.8, 4) is 0 Å². The summed E-state index contributed by atoms with van der Waals surface area (Å²) in [6, 6.07) is -0.776. The second kappa shape index (κ2) is 3.36. The largest absolute Gasteiger partial charge is 0.361 e. The molecule has 0 rings (SSSR count). The van der Waals surface area contributed by atoms with Crippen LogP contribution in [0, 0.1) is 0 Å². The molecule has 5 nitrogen and oxygen atoms in total. The molecule has 0 saturated carbocycles. The zero-order valence-corrected chi connectivity index (χ0v) is 4.33. The Labute approximate surface area is 45.9 Å². The highest BCUT2D eigenvalue weighted by molar-refractivity contribution is 5.74. The van der Waals surface area contributed by atoms with Crippen LogP contribution in [0.5, 0.6) is 0 Å². The Morgan fingerprint density at radius 1 is 1.88 bits per heavy atom. The average Bonchev–Trinajstić information content (AvgIpc) is 1.67. The molecule has 0 unspecified atom stereocenters. The fourth-order valence-corrected chi connectivity index (χ4v) is 0.113. The number of nitrogens with two attached hydrogens (primary N) is 1. The summed E-state index contributed by atoms with van der Waals surface area (Å²) in [5.74, 6) is -0.813. The van der Waals surface area contributed by atoms with Gasteiger partial charge in [-0.05, 0) is 12.0 Å². The molecule has 0 saturated heterocycles. The highest BCUT2D eigenvalue weighted by Crippen LogP contribution is 1.80. The summed E-state index contributed by atoms with van der Waals surface area (Å²) in [5.41, 5.74) is 4.96. The van der Waals surface area contributed by atoms with Gasteiger partial charge in [0.1, 0.15) is 6.04 Å². The summed E-state index contributed by atoms with van der Waals surface area (Å²) in [5, 5.41) is 10.5. The van der Waals surface area contributed by atoms with Crippen molar-refractivity contribution in [1.29, 1.82) is 0 Å². The predicted molar refractivity (Wildman–Crippen MR) is 23.5 cm³/mol. The quantitative estimate of drug-likeness (QED) is 0.372. The number of hydrogen-bond donors (Lipinski definition) is 2. The number of carbonyl (C=O) groups excluding carboxylic acids is 1. The van der Waals surface area contributed by atoms with E-state index in [1.807, 2.05) is 0 Å². The molecule has 5 heteroatoms. The van der Waals surface area contributed by atoms with Gasteiger partial charge in [0.2, 0.25) is 0 Å². The first-order valence-corrected chi connectivity index (χ1v) is 1.96. The molecule has 0 heterocycles. The zero-order valence-electron chi connectivity index (χ0n) is 4.33. The molecule has 0 fully saturated rings. The fraction of sp³-hybridized carbons (Fsp3) is 0.667. The minimum atomic E-state index is -0.813. The first-order chi connectivity index (χ1) is 3.68. The first-order valence-electron chi connectivity index (χ1n) is 1.96.